The lowest BCUT2D eigenvalue weighted by Crippen LogP contribution is -2.58. The molecule has 1 N–H and O–H groups in total. The minimum Gasteiger partial charge on any atom is -0.540 e. The summed E-state index contributed by atoms with van der Waals surface area (Å²) in [6.07, 6.45) is 3.82. The van der Waals surface area contributed by atoms with E-state index in [1.165, 1.54) is 11.0 Å². The fraction of sp³-hybridized carbons (Fsp3) is 0.648. The molecule has 2 aromatic carbocycles. The van der Waals surface area contributed by atoms with Gasteiger partial charge in [-0.15, -0.1) is 0 Å². The highest BCUT2D eigenvalue weighted by molar-refractivity contribution is 6.78. The molecule has 2 aromatic rings. The van der Waals surface area contributed by atoms with Gasteiger partial charge in [0, 0.05) is 25.6 Å². The molecule has 14 nitrogen and oxygen atoms in total. The highest BCUT2D eigenvalue weighted by Crippen LogP contribution is 2.58. The van der Waals surface area contributed by atoms with Gasteiger partial charge in [-0.1, -0.05) is 113 Å². The number of fused-ring (bicyclic) bond motifs is 2. The summed E-state index contributed by atoms with van der Waals surface area (Å²) in [7, 11) is -3.58. The van der Waals surface area contributed by atoms with Crippen LogP contribution in [-0.2, 0) is 36.5 Å². The zero-order chi connectivity index (χ0) is 51.7. The molecular weight excluding hydrogens is 921 g/mol. The number of Topliss-reactive ketones (excluding diaryl/α,β-unsaturated/α-hetero) is 1. The fourth-order valence-electron chi connectivity index (χ4n) is 10.9. The van der Waals surface area contributed by atoms with Crippen LogP contribution in [0.3, 0.4) is 0 Å². The van der Waals surface area contributed by atoms with E-state index in [1.807, 2.05) is 49.1 Å². The average Bonchev–Trinajstić information content (AvgIpc) is 3.68. The molecule has 386 valence electrons. The van der Waals surface area contributed by atoms with Gasteiger partial charge in [0.25, 0.3) is 14.2 Å². The van der Waals surface area contributed by atoms with Crippen molar-refractivity contribution in [3.05, 3.63) is 65.7 Å². The van der Waals surface area contributed by atoms with Crippen LogP contribution < -0.4 is 19.4 Å². The number of ether oxygens (including phenoxy) is 3. The zero-order valence-electron chi connectivity index (χ0n) is 44.6. The van der Waals surface area contributed by atoms with Crippen molar-refractivity contribution in [3.8, 4) is 11.5 Å². The fourth-order valence-corrected chi connectivity index (χ4v) is 17.3. The van der Waals surface area contributed by atoms with Crippen molar-refractivity contribution in [1.82, 2.24) is 15.1 Å². The molecule has 3 aliphatic heterocycles. The van der Waals surface area contributed by atoms with Gasteiger partial charge in [-0.25, -0.2) is 14.5 Å². The Morgan fingerprint density at radius 1 is 0.900 bits per heavy atom. The highest BCUT2D eigenvalue weighted by Gasteiger charge is 2.60. The van der Waals surface area contributed by atoms with Crippen molar-refractivity contribution >= 4 is 52.1 Å². The molecule has 1 aliphatic carbocycles. The molecule has 0 aromatic heterocycles. The number of ketones is 1. The molecule has 3 heterocycles. The summed E-state index contributed by atoms with van der Waals surface area (Å²) < 4.78 is 32.2. The SMILES string of the molecule is C=CCOC(=O)N1CCC[C@H]1C(=O)N[C@@H](CC(C)C)C(=O)Cc1ccc(COC(=O)N2c3cc(O[Si](C(C)C)(C(C)C)C(C)C)c(OC)cc3C(=O)N3CC4(CC4)C[C@H]3C2O[Si](C)(C)C(C)(C)C)cc1. The first-order valence-electron chi connectivity index (χ1n) is 25.6. The first-order chi connectivity index (χ1) is 32.8. The number of methoxy groups -OCH3 is 1. The molecule has 0 bridgehead atoms. The first kappa shape index (κ1) is 54.7. The van der Waals surface area contributed by atoms with Gasteiger partial charge in [-0.2, -0.15) is 0 Å². The normalized spacial score (nSPS) is 20.4. The second kappa shape index (κ2) is 21.6. The Hall–Kier alpha value is -4.68. The maximum Gasteiger partial charge on any atom is 0.416 e. The van der Waals surface area contributed by atoms with Crippen molar-refractivity contribution in [3.63, 3.8) is 0 Å². The lowest BCUT2D eigenvalue weighted by molar-refractivity contribution is -0.130. The lowest BCUT2D eigenvalue weighted by Gasteiger charge is -2.44. The second-order valence-corrected chi connectivity index (χ2v) is 33.3. The van der Waals surface area contributed by atoms with Crippen molar-refractivity contribution in [2.24, 2.45) is 11.3 Å². The third-order valence-electron chi connectivity index (χ3n) is 15.8. The minimum atomic E-state index is -2.61. The number of hydrogen-bond acceptors (Lipinski definition) is 10. The van der Waals surface area contributed by atoms with E-state index < -0.39 is 53.2 Å². The Bertz CT molecular complexity index is 2230. The molecule has 0 radical (unpaired) electrons. The second-order valence-electron chi connectivity index (χ2n) is 23.2. The topological polar surface area (TPSA) is 153 Å². The van der Waals surface area contributed by atoms with Gasteiger partial charge >= 0.3 is 12.2 Å². The monoisotopic (exact) mass is 1000 g/mol. The summed E-state index contributed by atoms with van der Waals surface area (Å²) in [4.78, 5) is 75.2. The Labute approximate surface area is 419 Å². The van der Waals surface area contributed by atoms with Crippen LogP contribution >= 0.6 is 0 Å². The Morgan fingerprint density at radius 2 is 1.53 bits per heavy atom. The van der Waals surface area contributed by atoms with E-state index in [2.05, 4.69) is 87.3 Å². The molecular formula is C54H82N4O10Si2. The number of hydrogen-bond donors (Lipinski definition) is 1. The third-order valence-corrected chi connectivity index (χ3v) is 26.3. The van der Waals surface area contributed by atoms with Crippen molar-refractivity contribution in [2.75, 3.05) is 31.7 Å². The van der Waals surface area contributed by atoms with E-state index in [9.17, 15) is 14.4 Å². The molecule has 6 rings (SSSR count). The van der Waals surface area contributed by atoms with Gasteiger partial charge in [-0.3, -0.25) is 19.3 Å². The molecule has 2 saturated heterocycles. The lowest BCUT2D eigenvalue weighted by atomic mass is 9.95. The van der Waals surface area contributed by atoms with Crippen molar-refractivity contribution < 1.29 is 47.0 Å². The van der Waals surface area contributed by atoms with E-state index in [0.29, 0.717) is 67.1 Å². The summed E-state index contributed by atoms with van der Waals surface area (Å²) in [5.41, 5.74) is 2.88. The van der Waals surface area contributed by atoms with Crippen LogP contribution in [0, 0.1) is 11.3 Å². The predicted octanol–water partition coefficient (Wildman–Crippen LogP) is 11.2. The maximum atomic E-state index is 15.2. The Balaban J connectivity index is 1.29. The van der Waals surface area contributed by atoms with Crippen LogP contribution in [0.4, 0.5) is 15.3 Å². The van der Waals surface area contributed by atoms with Crippen LogP contribution in [0.5, 0.6) is 11.5 Å². The summed E-state index contributed by atoms with van der Waals surface area (Å²) in [5.74, 6) is 0.367. The van der Waals surface area contributed by atoms with Crippen LogP contribution in [0.1, 0.15) is 136 Å². The molecule has 1 saturated carbocycles. The van der Waals surface area contributed by atoms with Crippen molar-refractivity contribution in [1.29, 1.82) is 0 Å². The summed E-state index contributed by atoms with van der Waals surface area (Å²) in [6, 6.07) is 9.03. The van der Waals surface area contributed by atoms with E-state index >= 15 is 9.59 Å². The van der Waals surface area contributed by atoms with Gasteiger partial charge in [0.15, 0.2) is 26.1 Å². The molecule has 4 aliphatic rings. The summed E-state index contributed by atoms with van der Waals surface area (Å²) in [6.45, 7) is 32.7. The molecule has 4 atom stereocenters. The number of carbonyl (C=O) groups is 5. The molecule has 1 unspecified atom stereocenters. The zero-order valence-corrected chi connectivity index (χ0v) is 46.6. The number of likely N-dealkylation sites (tertiary alicyclic amines) is 1. The standard InChI is InChI=1S/C54H82N4O10Si2/c1-16-26-65-51(62)56-25-17-18-42(56)48(60)55-41(27-34(2)3)45(59)28-38-19-21-39(22-20-38)32-66-52(63)58-43-30-47(67-70(35(4)5,36(6)7)37(8)9)46(64-13)29-40(43)49(61)57-33-54(23-24-54)31-44(57)50(58)68-69(14,15)53(10,11)12/h16,19-22,29-30,34-37,41-42,44,50H,1,17-18,23-28,31-33H2,2-15H3,(H,55,60)/t41-,42-,44-,50?/m0/s1. The quantitative estimate of drug-likeness (QED) is 0.106. The average molecular weight is 1000 g/mol. The Kier molecular flexibility index (Phi) is 16.8. The maximum absolute atomic E-state index is 15.2. The van der Waals surface area contributed by atoms with Gasteiger partial charge in [0.05, 0.1) is 30.4 Å². The number of amides is 4. The number of nitrogens with zero attached hydrogens (tertiary/aromatic N) is 3. The third kappa shape index (κ3) is 11.5. The number of benzene rings is 2. The number of rotatable bonds is 19. The highest BCUT2D eigenvalue weighted by atomic mass is 28.4. The predicted molar refractivity (Wildman–Crippen MR) is 278 cm³/mol. The number of nitrogens with one attached hydrogen (secondary N) is 1. The Morgan fingerprint density at radius 3 is 2.09 bits per heavy atom. The molecule has 3 fully saturated rings. The summed E-state index contributed by atoms with van der Waals surface area (Å²) in [5, 5.41) is 2.75. The van der Waals surface area contributed by atoms with Crippen LogP contribution in [-0.4, -0.2) is 107 Å². The van der Waals surface area contributed by atoms with Crippen LogP contribution in [0.15, 0.2) is 49.1 Å². The van der Waals surface area contributed by atoms with E-state index in [-0.39, 0.29) is 70.2 Å². The molecule has 70 heavy (non-hydrogen) atoms. The van der Waals surface area contributed by atoms with Gasteiger partial charge in [0.2, 0.25) is 5.91 Å². The molecule has 16 heteroatoms. The van der Waals surface area contributed by atoms with E-state index in [1.54, 1.807) is 18.1 Å². The van der Waals surface area contributed by atoms with Gasteiger partial charge in [-0.05, 0) is 102 Å². The smallest absolute Gasteiger partial charge is 0.416 e. The first-order valence-corrected chi connectivity index (χ1v) is 30.7. The van der Waals surface area contributed by atoms with Gasteiger partial charge < -0.3 is 33.3 Å². The molecule has 4 amide bonds. The number of anilines is 1. The van der Waals surface area contributed by atoms with E-state index in [0.717, 1.165) is 18.4 Å². The summed E-state index contributed by atoms with van der Waals surface area (Å²) >= 11 is 0. The van der Waals surface area contributed by atoms with Crippen molar-refractivity contribution in [2.45, 2.75) is 187 Å². The largest absolute Gasteiger partial charge is 0.540 e. The minimum absolute atomic E-state index is 0.00564. The molecule has 1 spiro atoms. The van der Waals surface area contributed by atoms with E-state index in [4.69, 9.17) is 23.1 Å². The number of carbonyl (C=O) groups excluding carboxylic acids is 5. The van der Waals surface area contributed by atoms with Crippen LogP contribution in [0.25, 0.3) is 0 Å². The van der Waals surface area contributed by atoms with Crippen LogP contribution in [0.2, 0.25) is 34.8 Å². The van der Waals surface area contributed by atoms with Gasteiger partial charge in [0.1, 0.15) is 25.0 Å².